The molecule has 3 N–H and O–H groups in total. The van der Waals surface area contributed by atoms with Crippen LogP contribution in [0.25, 0.3) is 10.9 Å². The summed E-state index contributed by atoms with van der Waals surface area (Å²) in [7, 11) is 1.59. The number of hydrogen-bond donors (Lipinski definition) is 3. The van der Waals surface area contributed by atoms with Gasteiger partial charge in [-0.05, 0) is 56.4 Å². The molecule has 0 spiro atoms. The van der Waals surface area contributed by atoms with Crippen LogP contribution in [-0.4, -0.2) is 59.9 Å². The topological polar surface area (TPSA) is 127 Å². The number of nitrogens with one attached hydrogen (secondary N) is 3. The van der Waals surface area contributed by atoms with Crippen LogP contribution < -0.4 is 15.4 Å². The minimum Gasteiger partial charge on any atom is -0.496 e. The molecule has 3 amide bonds. The number of fused-ring (bicyclic) bond motifs is 1. The van der Waals surface area contributed by atoms with Crippen molar-refractivity contribution in [1.29, 1.82) is 5.26 Å². The van der Waals surface area contributed by atoms with Gasteiger partial charge in [0.25, 0.3) is 5.91 Å². The van der Waals surface area contributed by atoms with Crippen molar-refractivity contribution >= 4 is 28.6 Å². The molecule has 9 heteroatoms. The van der Waals surface area contributed by atoms with Crippen molar-refractivity contribution in [1.82, 2.24) is 20.5 Å². The molecule has 40 heavy (non-hydrogen) atoms. The second-order valence-electron chi connectivity index (χ2n) is 10.8. The molecule has 1 unspecified atom stereocenters. The van der Waals surface area contributed by atoms with Gasteiger partial charge in [0.15, 0.2) is 0 Å². The summed E-state index contributed by atoms with van der Waals surface area (Å²) in [5.41, 5.74) is 2.22. The predicted molar refractivity (Wildman–Crippen MR) is 151 cm³/mol. The normalized spacial score (nSPS) is 22.3. The summed E-state index contributed by atoms with van der Waals surface area (Å²) in [6.45, 7) is 2.80. The number of ether oxygens (including phenoxy) is 1. The van der Waals surface area contributed by atoms with E-state index in [9.17, 15) is 19.6 Å². The van der Waals surface area contributed by atoms with Crippen LogP contribution in [0.1, 0.15) is 54.6 Å². The number of nitrogens with zero attached hydrogens (tertiary/aromatic N) is 2. The quantitative estimate of drug-likeness (QED) is 0.400. The minimum atomic E-state index is -0.723. The fraction of sp³-hybridized carbons (Fsp3) is 0.419. The van der Waals surface area contributed by atoms with Gasteiger partial charge in [0.05, 0.1) is 19.1 Å². The summed E-state index contributed by atoms with van der Waals surface area (Å²) in [5, 5.41) is 16.4. The number of H-pyrrole nitrogens is 1. The number of carbonyl (C=O) groups excluding carboxylic acids is 3. The number of methoxy groups -OCH3 is 1. The van der Waals surface area contributed by atoms with Crippen molar-refractivity contribution in [2.45, 2.75) is 50.6 Å². The first-order chi connectivity index (χ1) is 19.4. The Kier molecular flexibility index (Phi) is 8.06. The highest BCUT2D eigenvalue weighted by Crippen LogP contribution is 2.34. The monoisotopic (exact) mass is 541 g/mol. The maximum Gasteiger partial charge on any atom is 0.271 e. The minimum absolute atomic E-state index is 0.0178. The fourth-order valence-electron chi connectivity index (χ4n) is 5.97. The molecule has 3 heterocycles. The molecule has 5 atom stereocenters. The highest BCUT2D eigenvalue weighted by Gasteiger charge is 2.42. The van der Waals surface area contributed by atoms with Crippen molar-refractivity contribution in [2.75, 3.05) is 20.2 Å². The number of piperidine rings is 1. The second kappa shape index (κ2) is 11.8. The number of benzene rings is 2. The van der Waals surface area contributed by atoms with E-state index >= 15 is 0 Å². The van der Waals surface area contributed by atoms with Gasteiger partial charge in [-0.2, -0.15) is 5.26 Å². The Hall–Kier alpha value is -4.32. The zero-order valence-corrected chi connectivity index (χ0v) is 22.9. The lowest BCUT2D eigenvalue weighted by atomic mass is 9.87. The third-order valence-corrected chi connectivity index (χ3v) is 8.28. The molecule has 9 nitrogen and oxygen atoms in total. The zero-order chi connectivity index (χ0) is 28.2. The maximum atomic E-state index is 13.9. The number of amides is 3. The molecule has 2 aliphatic rings. The van der Waals surface area contributed by atoms with Gasteiger partial charge in [-0.1, -0.05) is 36.4 Å². The largest absolute Gasteiger partial charge is 0.496 e. The third-order valence-electron chi connectivity index (χ3n) is 8.28. The van der Waals surface area contributed by atoms with Crippen LogP contribution in [0.4, 0.5) is 0 Å². The smallest absolute Gasteiger partial charge is 0.271 e. The van der Waals surface area contributed by atoms with E-state index < -0.39 is 18.0 Å². The van der Waals surface area contributed by atoms with Crippen LogP contribution in [0, 0.1) is 23.2 Å². The molecule has 0 bridgehead atoms. The van der Waals surface area contributed by atoms with Crippen LogP contribution in [0.15, 0.2) is 54.6 Å². The Balaban J connectivity index is 1.41. The van der Waals surface area contributed by atoms with E-state index in [-0.39, 0.29) is 29.6 Å². The lowest BCUT2D eigenvalue weighted by Crippen LogP contribution is -2.51. The number of aromatic amines is 1. The van der Waals surface area contributed by atoms with E-state index in [4.69, 9.17) is 4.74 Å². The van der Waals surface area contributed by atoms with Gasteiger partial charge in [0.1, 0.15) is 17.5 Å². The zero-order valence-electron chi connectivity index (χ0n) is 22.9. The Morgan fingerprint density at radius 1 is 1.20 bits per heavy atom. The summed E-state index contributed by atoms with van der Waals surface area (Å²) in [6, 6.07) is 18.2. The van der Waals surface area contributed by atoms with Crippen LogP contribution >= 0.6 is 0 Å². The van der Waals surface area contributed by atoms with Crippen LogP contribution in [-0.2, 0) is 9.59 Å². The fourth-order valence-corrected chi connectivity index (χ4v) is 5.97. The van der Waals surface area contributed by atoms with Crippen molar-refractivity contribution in [3.63, 3.8) is 0 Å². The standard InChI is InChI=1S/C31H35N5O4/c1-19(17-32)25(14-21-10-7-13-33-29(21)37)35-30(38)27-15-22(20-8-4-3-5-9-20)18-36(27)31(39)26-16-23-24(34-26)11-6-12-28(23)40-2/h3-6,8-9,11-12,16,19,21-22,25,27,34H,7,10,13-15,18H2,1-2H3,(H,33,37)(H,35,38)/t19?,21-,22+,25-,27-/m0/s1. The van der Waals surface area contributed by atoms with Gasteiger partial charge in [-0.25, -0.2) is 0 Å². The predicted octanol–water partition coefficient (Wildman–Crippen LogP) is 3.74. The summed E-state index contributed by atoms with van der Waals surface area (Å²) < 4.78 is 5.46. The maximum absolute atomic E-state index is 13.9. The molecular formula is C31H35N5O4. The molecule has 5 rings (SSSR count). The molecule has 208 valence electrons. The van der Waals surface area contributed by atoms with Crippen LogP contribution in [0.2, 0.25) is 0 Å². The van der Waals surface area contributed by atoms with Crippen molar-refractivity contribution in [3.8, 4) is 11.8 Å². The van der Waals surface area contributed by atoms with Gasteiger partial charge in [0, 0.05) is 41.9 Å². The molecule has 0 radical (unpaired) electrons. The average molecular weight is 542 g/mol. The van der Waals surface area contributed by atoms with Crippen molar-refractivity contribution in [2.24, 2.45) is 11.8 Å². The SMILES string of the molecule is COc1cccc2[nH]c(C(=O)N3C[C@H](c4ccccc4)C[C@H]3C(=O)N[C@@H](C[C@@H]3CCCNC3=O)C(C)C#N)cc12. The third kappa shape index (κ3) is 5.53. The Bertz CT molecular complexity index is 1430. The van der Waals surface area contributed by atoms with Gasteiger partial charge < -0.3 is 25.3 Å². The highest BCUT2D eigenvalue weighted by molar-refractivity contribution is 6.02. The lowest BCUT2D eigenvalue weighted by Gasteiger charge is -2.30. The van der Waals surface area contributed by atoms with Crippen LogP contribution in [0.3, 0.4) is 0 Å². The average Bonchev–Trinajstić information content (AvgIpc) is 3.63. The first-order valence-electron chi connectivity index (χ1n) is 13.9. The summed E-state index contributed by atoms with van der Waals surface area (Å²) in [4.78, 5) is 45.0. The molecular weight excluding hydrogens is 506 g/mol. The summed E-state index contributed by atoms with van der Waals surface area (Å²) in [6.07, 6.45) is 2.45. The molecule has 2 saturated heterocycles. The first kappa shape index (κ1) is 27.3. The molecule has 2 aliphatic heterocycles. The van der Waals surface area contributed by atoms with Crippen LogP contribution in [0.5, 0.6) is 5.75 Å². The number of hydrogen-bond acceptors (Lipinski definition) is 5. The van der Waals surface area contributed by atoms with E-state index in [1.54, 1.807) is 25.0 Å². The number of carbonyl (C=O) groups is 3. The summed E-state index contributed by atoms with van der Waals surface area (Å²) in [5.74, 6) is -0.713. The highest BCUT2D eigenvalue weighted by atomic mass is 16.5. The molecule has 2 fully saturated rings. The van der Waals surface area contributed by atoms with Gasteiger partial charge in [0.2, 0.25) is 11.8 Å². The summed E-state index contributed by atoms with van der Waals surface area (Å²) >= 11 is 0. The molecule has 0 aliphatic carbocycles. The van der Waals surface area contributed by atoms with E-state index in [1.165, 1.54) is 0 Å². The molecule has 0 saturated carbocycles. The molecule has 3 aromatic rings. The Morgan fingerprint density at radius 3 is 2.73 bits per heavy atom. The Labute approximate surface area is 233 Å². The number of aromatic nitrogens is 1. The number of rotatable bonds is 8. The first-order valence-corrected chi connectivity index (χ1v) is 13.9. The van der Waals surface area contributed by atoms with E-state index in [2.05, 4.69) is 21.7 Å². The number of likely N-dealkylation sites (tertiary alicyclic amines) is 1. The Morgan fingerprint density at radius 2 is 2.00 bits per heavy atom. The van der Waals surface area contributed by atoms with Crippen molar-refractivity contribution in [3.05, 3.63) is 65.9 Å². The lowest BCUT2D eigenvalue weighted by molar-refractivity contribution is -0.129. The van der Waals surface area contributed by atoms with E-state index in [1.807, 2.05) is 48.5 Å². The van der Waals surface area contributed by atoms with E-state index in [0.717, 1.165) is 29.3 Å². The van der Waals surface area contributed by atoms with Crippen molar-refractivity contribution < 1.29 is 19.1 Å². The van der Waals surface area contributed by atoms with Gasteiger partial charge in [-0.15, -0.1) is 0 Å². The van der Waals surface area contributed by atoms with Gasteiger partial charge >= 0.3 is 0 Å². The second-order valence-corrected chi connectivity index (χ2v) is 10.8. The van der Waals surface area contributed by atoms with E-state index in [0.29, 0.717) is 37.4 Å². The molecule has 2 aromatic carbocycles. The number of nitriles is 1. The van der Waals surface area contributed by atoms with Gasteiger partial charge in [-0.3, -0.25) is 14.4 Å². The molecule has 1 aromatic heterocycles.